The lowest BCUT2D eigenvalue weighted by molar-refractivity contribution is -0.137. The molecule has 0 fully saturated rings. The quantitative estimate of drug-likeness (QED) is 0.639. The van der Waals surface area contributed by atoms with Crippen LogP contribution in [0.25, 0.3) is 0 Å². The summed E-state index contributed by atoms with van der Waals surface area (Å²) in [6.07, 6.45) is -4.35. The van der Waals surface area contributed by atoms with E-state index in [4.69, 9.17) is 4.74 Å². The Balaban J connectivity index is 1.95. The van der Waals surface area contributed by atoms with Gasteiger partial charge in [-0.25, -0.2) is 0 Å². The number of benzene rings is 2. The van der Waals surface area contributed by atoms with Gasteiger partial charge in [-0.3, -0.25) is 4.99 Å². The van der Waals surface area contributed by atoms with Crippen molar-refractivity contribution in [2.24, 2.45) is 4.99 Å². The van der Waals surface area contributed by atoms with Crippen LogP contribution in [0.5, 0.6) is 5.75 Å². The molecule has 0 saturated heterocycles. The highest BCUT2D eigenvalue weighted by Gasteiger charge is 2.30. The van der Waals surface area contributed by atoms with Gasteiger partial charge in [-0.1, -0.05) is 30.3 Å². The first-order chi connectivity index (χ1) is 11.9. The fraction of sp³-hybridized carbons (Fsp3) is 0.278. The fourth-order valence-corrected chi connectivity index (χ4v) is 2.29. The Kier molecular flexibility index (Phi) is 6.27. The van der Waals surface area contributed by atoms with Gasteiger partial charge in [-0.15, -0.1) is 0 Å². The first-order valence-corrected chi connectivity index (χ1v) is 7.66. The summed E-state index contributed by atoms with van der Waals surface area (Å²) >= 11 is 0. The van der Waals surface area contributed by atoms with Crippen LogP contribution >= 0.6 is 0 Å². The molecular weight excluding hydrogens is 331 g/mol. The maximum Gasteiger partial charge on any atom is 0.416 e. The molecule has 2 aromatic rings. The molecule has 0 amide bonds. The molecule has 0 bridgehead atoms. The van der Waals surface area contributed by atoms with E-state index in [0.29, 0.717) is 18.1 Å². The Morgan fingerprint density at radius 2 is 1.76 bits per heavy atom. The van der Waals surface area contributed by atoms with Gasteiger partial charge in [-0.05, 0) is 23.8 Å². The topological polar surface area (TPSA) is 45.7 Å². The van der Waals surface area contributed by atoms with Gasteiger partial charge in [-0.2, -0.15) is 13.2 Å². The predicted octanol–water partition coefficient (Wildman–Crippen LogP) is 3.58. The minimum Gasteiger partial charge on any atom is -0.496 e. The first-order valence-electron chi connectivity index (χ1n) is 7.66. The smallest absolute Gasteiger partial charge is 0.416 e. The number of para-hydroxylation sites is 1. The molecule has 0 heterocycles. The molecule has 0 aliphatic rings. The molecular formula is C18H20F3N3O. The third-order valence-electron chi connectivity index (χ3n) is 3.58. The summed E-state index contributed by atoms with van der Waals surface area (Å²) in [6, 6.07) is 12.8. The standard InChI is InChI=1S/C18H20F3N3O/c1-22-17(24-12-14-7-3-4-9-16(14)25-2)23-11-13-6-5-8-15(10-13)18(19,20)21/h3-10H,11-12H2,1-2H3,(H2,22,23,24). The number of hydrogen-bond donors (Lipinski definition) is 2. The molecule has 7 heteroatoms. The van der Waals surface area contributed by atoms with Crippen molar-refractivity contribution in [2.45, 2.75) is 19.3 Å². The number of nitrogens with zero attached hydrogens (tertiary/aromatic N) is 1. The molecule has 0 spiro atoms. The molecule has 0 aromatic heterocycles. The number of nitrogens with one attached hydrogen (secondary N) is 2. The molecule has 0 aliphatic heterocycles. The van der Waals surface area contributed by atoms with Crippen LogP contribution in [-0.2, 0) is 19.3 Å². The lowest BCUT2D eigenvalue weighted by atomic mass is 10.1. The molecule has 2 N–H and O–H groups in total. The summed E-state index contributed by atoms with van der Waals surface area (Å²) in [6.45, 7) is 0.710. The van der Waals surface area contributed by atoms with E-state index in [-0.39, 0.29) is 6.54 Å². The minimum absolute atomic E-state index is 0.232. The highest BCUT2D eigenvalue weighted by Crippen LogP contribution is 2.29. The third-order valence-corrected chi connectivity index (χ3v) is 3.58. The van der Waals surface area contributed by atoms with Crippen molar-refractivity contribution in [1.29, 1.82) is 0 Å². The second kappa shape index (κ2) is 8.41. The molecule has 0 unspecified atom stereocenters. The van der Waals surface area contributed by atoms with E-state index in [1.807, 2.05) is 24.3 Å². The van der Waals surface area contributed by atoms with Gasteiger partial charge >= 0.3 is 6.18 Å². The Hall–Kier alpha value is -2.70. The summed E-state index contributed by atoms with van der Waals surface area (Å²) in [5.41, 5.74) is 0.811. The number of methoxy groups -OCH3 is 1. The van der Waals surface area contributed by atoms with Crippen molar-refractivity contribution in [3.8, 4) is 5.75 Å². The van der Waals surface area contributed by atoms with Crippen LogP contribution in [0.15, 0.2) is 53.5 Å². The van der Waals surface area contributed by atoms with E-state index >= 15 is 0 Å². The Bertz CT molecular complexity index is 730. The molecule has 4 nitrogen and oxygen atoms in total. The lowest BCUT2D eigenvalue weighted by Gasteiger charge is -2.14. The molecule has 0 aliphatic carbocycles. The maximum absolute atomic E-state index is 12.7. The number of alkyl halides is 3. The van der Waals surface area contributed by atoms with Gasteiger partial charge in [0.25, 0.3) is 0 Å². The molecule has 0 atom stereocenters. The highest BCUT2D eigenvalue weighted by atomic mass is 19.4. The molecule has 0 radical (unpaired) electrons. The Labute approximate surface area is 144 Å². The van der Waals surface area contributed by atoms with Crippen molar-refractivity contribution in [3.05, 3.63) is 65.2 Å². The van der Waals surface area contributed by atoms with Crippen molar-refractivity contribution >= 4 is 5.96 Å². The zero-order chi connectivity index (χ0) is 18.3. The SMILES string of the molecule is CN=C(NCc1cccc(C(F)(F)F)c1)NCc1ccccc1OC. The highest BCUT2D eigenvalue weighted by molar-refractivity contribution is 5.79. The summed E-state index contributed by atoms with van der Waals surface area (Å²) in [4.78, 5) is 4.08. The van der Waals surface area contributed by atoms with Gasteiger partial charge in [0.15, 0.2) is 5.96 Å². The number of rotatable bonds is 5. The second-order valence-corrected chi connectivity index (χ2v) is 5.29. The van der Waals surface area contributed by atoms with Gasteiger partial charge < -0.3 is 15.4 Å². The van der Waals surface area contributed by atoms with Crippen molar-refractivity contribution in [1.82, 2.24) is 10.6 Å². The van der Waals surface area contributed by atoms with E-state index in [1.54, 1.807) is 20.2 Å². The van der Waals surface area contributed by atoms with Crippen LogP contribution in [0.2, 0.25) is 0 Å². The molecule has 0 saturated carbocycles. The van der Waals surface area contributed by atoms with Crippen LogP contribution < -0.4 is 15.4 Å². The zero-order valence-corrected chi connectivity index (χ0v) is 14.0. The van der Waals surface area contributed by atoms with Crippen LogP contribution in [0.1, 0.15) is 16.7 Å². The third kappa shape index (κ3) is 5.41. The predicted molar refractivity (Wildman–Crippen MR) is 91.5 cm³/mol. The van der Waals surface area contributed by atoms with Gasteiger partial charge in [0.1, 0.15) is 5.75 Å². The summed E-state index contributed by atoms with van der Waals surface area (Å²) in [7, 11) is 3.20. The number of guanidine groups is 1. The molecule has 25 heavy (non-hydrogen) atoms. The molecule has 2 aromatic carbocycles. The van der Waals surface area contributed by atoms with E-state index in [1.165, 1.54) is 6.07 Å². The monoisotopic (exact) mass is 351 g/mol. The van der Waals surface area contributed by atoms with E-state index in [0.717, 1.165) is 23.4 Å². The van der Waals surface area contributed by atoms with Crippen molar-refractivity contribution in [2.75, 3.05) is 14.2 Å². The van der Waals surface area contributed by atoms with Gasteiger partial charge in [0.2, 0.25) is 0 Å². The van der Waals surface area contributed by atoms with E-state index in [2.05, 4.69) is 15.6 Å². The van der Waals surface area contributed by atoms with Crippen molar-refractivity contribution in [3.63, 3.8) is 0 Å². The van der Waals surface area contributed by atoms with E-state index < -0.39 is 11.7 Å². The average molecular weight is 351 g/mol. The van der Waals surface area contributed by atoms with E-state index in [9.17, 15) is 13.2 Å². The number of hydrogen-bond acceptors (Lipinski definition) is 2. The Morgan fingerprint density at radius 1 is 1.04 bits per heavy atom. The van der Waals surface area contributed by atoms with Crippen LogP contribution in [0.4, 0.5) is 13.2 Å². The summed E-state index contributed by atoms with van der Waals surface area (Å²) in [5.74, 6) is 1.24. The van der Waals surface area contributed by atoms with Gasteiger partial charge in [0, 0.05) is 25.7 Å². The van der Waals surface area contributed by atoms with Crippen LogP contribution in [-0.4, -0.2) is 20.1 Å². The van der Waals surface area contributed by atoms with Crippen LogP contribution in [0, 0.1) is 0 Å². The normalized spacial score (nSPS) is 12.0. The second-order valence-electron chi connectivity index (χ2n) is 5.29. The maximum atomic E-state index is 12.7. The Morgan fingerprint density at radius 3 is 2.44 bits per heavy atom. The summed E-state index contributed by atoms with van der Waals surface area (Å²) < 4.78 is 43.5. The largest absolute Gasteiger partial charge is 0.496 e. The zero-order valence-electron chi connectivity index (χ0n) is 14.0. The molecule has 134 valence electrons. The van der Waals surface area contributed by atoms with Gasteiger partial charge in [0.05, 0.1) is 12.7 Å². The average Bonchev–Trinajstić information content (AvgIpc) is 2.61. The number of ether oxygens (including phenoxy) is 1. The van der Waals surface area contributed by atoms with Crippen LogP contribution in [0.3, 0.4) is 0 Å². The minimum atomic E-state index is -4.35. The number of aliphatic imine (C=N–C) groups is 1. The lowest BCUT2D eigenvalue weighted by Crippen LogP contribution is -2.36. The molecule has 2 rings (SSSR count). The van der Waals surface area contributed by atoms with Crippen molar-refractivity contribution < 1.29 is 17.9 Å². The summed E-state index contributed by atoms with van der Waals surface area (Å²) in [5, 5.41) is 6.12. The fourth-order valence-electron chi connectivity index (χ4n) is 2.29. The first kappa shape index (κ1) is 18.6. The number of halogens is 3.